The minimum absolute atomic E-state index is 0.179. The van der Waals surface area contributed by atoms with Crippen LogP contribution in [0.3, 0.4) is 0 Å². The van der Waals surface area contributed by atoms with Gasteiger partial charge in [0.05, 0.1) is 12.5 Å². The molecule has 1 heterocycles. The number of nitrogens with one attached hydrogen (secondary N) is 1. The Bertz CT molecular complexity index is 548. The van der Waals surface area contributed by atoms with E-state index in [9.17, 15) is 14.0 Å². The van der Waals surface area contributed by atoms with Gasteiger partial charge in [-0.05, 0) is 37.1 Å². The molecular formula is C15H19FN2O3. The molecule has 0 saturated carbocycles. The summed E-state index contributed by atoms with van der Waals surface area (Å²) in [6.45, 7) is 3.15. The fourth-order valence-electron chi connectivity index (χ4n) is 2.38. The maximum Gasteiger partial charge on any atom is 0.307 e. The number of hydrogen-bond acceptors (Lipinski definition) is 3. The molecule has 114 valence electrons. The quantitative estimate of drug-likeness (QED) is 0.855. The first-order valence-electron chi connectivity index (χ1n) is 6.92. The number of aryl methyl sites for hydroxylation is 1. The number of hydrogen-bond donors (Lipinski definition) is 2. The lowest BCUT2D eigenvalue weighted by molar-refractivity contribution is -0.141. The number of benzene rings is 1. The van der Waals surface area contributed by atoms with E-state index in [0.29, 0.717) is 30.6 Å². The van der Waals surface area contributed by atoms with E-state index in [-0.39, 0.29) is 30.7 Å². The zero-order chi connectivity index (χ0) is 15.4. The highest BCUT2D eigenvalue weighted by molar-refractivity contribution is 5.78. The van der Waals surface area contributed by atoms with Crippen molar-refractivity contribution < 1.29 is 19.1 Å². The Morgan fingerprint density at radius 3 is 2.86 bits per heavy atom. The SMILES string of the molecule is Cc1ccc(CNC(=O)CN2CC[C@@H](C(=O)O)C2)cc1F. The molecule has 0 radical (unpaired) electrons. The third-order valence-electron chi connectivity index (χ3n) is 3.71. The van der Waals surface area contributed by atoms with Crippen molar-refractivity contribution in [1.82, 2.24) is 10.2 Å². The van der Waals surface area contributed by atoms with Crippen LogP contribution in [0.2, 0.25) is 0 Å². The first kappa shape index (κ1) is 15.4. The van der Waals surface area contributed by atoms with Crippen LogP contribution in [0, 0.1) is 18.7 Å². The molecule has 1 aliphatic heterocycles. The van der Waals surface area contributed by atoms with Gasteiger partial charge in [0.1, 0.15) is 5.82 Å². The fourth-order valence-corrected chi connectivity index (χ4v) is 2.38. The Kier molecular flexibility index (Phi) is 4.90. The lowest BCUT2D eigenvalue weighted by atomic mass is 10.1. The van der Waals surface area contributed by atoms with Crippen molar-refractivity contribution in [3.63, 3.8) is 0 Å². The summed E-state index contributed by atoms with van der Waals surface area (Å²) in [5, 5.41) is 11.6. The Balaban J connectivity index is 1.77. The second-order valence-corrected chi connectivity index (χ2v) is 5.42. The van der Waals surface area contributed by atoms with Crippen molar-refractivity contribution in [3.8, 4) is 0 Å². The molecule has 1 aromatic carbocycles. The van der Waals surface area contributed by atoms with E-state index in [2.05, 4.69) is 5.32 Å². The summed E-state index contributed by atoms with van der Waals surface area (Å²) in [5.74, 6) is -1.66. The second kappa shape index (κ2) is 6.67. The number of carboxylic acid groups (broad SMARTS) is 1. The van der Waals surface area contributed by atoms with Crippen LogP contribution in [-0.4, -0.2) is 41.5 Å². The van der Waals surface area contributed by atoms with Crippen molar-refractivity contribution in [3.05, 3.63) is 35.1 Å². The average molecular weight is 294 g/mol. The number of carbonyl (C=O) groups excluding carboxylic acids is 1. The Labute approximate surface area is 122 Å². The lowest BCUT2D eigenvalue weighted by Crippen LogP contribution is -2.36. The van der Waals surface area contributed by atoms with Gasteiger partial charge in [-0.2, -0.15) is 0 Å². The van der Waals surface area contributed by atoms with Gasteiger partial charge < -0.3 is 10.4 Å². The summed E-state index contributed by atoms with van der Waals surface area (Å²) < 4.78 is 13.4. The summed E-state index contributed by atoms with van der Waals surface area (Å²) in [7, 11) is 0. The van der Waals surface area contributed by atoms with Crippen LogP contribution in [0.1, 0.15) is 17.5 Å². The molecule has 1 atom stereocenters. The molecule has 0 bridgehead atoms. The second-order valence-electron chi connectivity index (χ2n) is 5.42. The molecule has 1 saturated heterocycles. The molecule has 1 aromatic rings. The molecule has 0 aliphatic carbocycles. The van der Waals surface area contributed by atoms with Crippen LogP contribution < -0.4 is 5.32 Å². The lowest BCUT2D eigenvalue weighted by Gasteiger charge is -2.14. The molecule has 1 fully saturated rings. The number of nitrogens with zero attached hydrogens (tertiary/aromatic N) is 1. The predicted molar refractivity (Wildman–Crippen MR) is 75.2 cm³/mol. The number of aliphatic carboxylic acids is 1. The summed E-state index contributed by atoms with van der Waals surface area (Å²) in [6, 6.07) is 4.86. The van der Waals surface area contributed by atoms with E-state index in [4.69, 9.17) is 5.11 Å². The van der Waals surface area contributed by atoms with E-state index in [1.54, 1.807) is 19.1 Å². The Morgan fingerprint density at radius 2 is 2.24 bits per heavy atom. The van der Waals surface area contributed by atoms with Gasteiger partial charge in [0.25, 0.3) is 0 Å². The van der Waals surface area contributed by atoms with Crippen LogP contribution in [0.15, 0.2) is 18.2 Å². The van der Waals surface area contributed by atoms with Gasteiger partial charge >= 0.3 is 5.97 Å². The number of carbonyl (C=O) groups is 2. The highest BCUT2D eigenvalue weighted by Crippen LogP contribution is 2.15. The predicted octanol–water partition coefficient (Wildman–Crippen LogP) is 1.16. The van der Waals surface area contributed by atoms with Crippen LogP contribution in [0.25, 0.3) is 0 Å². The van der Waals surface area contributed by atoms with Gasteiger partial charge in [0.2, 0.25) is 5.91 Å². The molecule has 5 nitrogen and oxygen atoms in total. The molecule has 0 spiro atoms. The molecule has 1 amide bonds. The van der Waals surface area contributed by atoms with Crippen LogP contribution >= 0.6 is 0 Å². The highest BCUT2D eigenvalue weighted by atomic mass is 19.1. The van der Waals surface area contributed by atoms with Gasteiger partial charge in [-0.1, -0.05) is 12.1 Å². The number of rotatable bonds is 5. The van der Waals surface area contributed by atoms with Gasteiger partial charge in [-0.25, -0.2) is 4.39 Å². The zero-order valence-corrected chi connectivity index (χ0v) is 11.9. The maximum atomic E-state index is 13.4. The third kappa shape index (κ3) is 4.26. The monoisotopic (exact) mass is 294 g/mol. The van der Waals surface area contributed by atoms with Crippen molar-refractivity contribution in [2.75, 3.05) is 19.6 Å². The van der Waals surface area contributed by atoms with Gasteiger partial charge in [0, 0.05) is 13.1 Å². The smallest absolute Gasteiger partial charge is 0.307 e. The van der Waals surface area contributed by atoms with Gasteiger partial charge in [-0.15, -0.1) is 0 Å². The van der Waals surface area contributed by atoms with Crippen LogP contribution in [0.5, 0.6) is 0 Å². The molecule has 0 unspecified atom stereocenters. The van der Waals surface area contributed by atoms with Crippen molar-refractivity contribution in [2.24, 2.45) is 5.92 Å². The summed E-state index contributed by atoms with van der Waals surface area (Å²) in [6.07, 6.45) is 0.575. The topological polar surface area (TPSA) is 69.6 Å². The van der Waals surface area contributed by atoms with Gasteiger partial charge in [-0.3, -0.25) is 14.5 Å². The summed E-state index contributed by atoms with van der Waals surface area (Å²) >= 11 is 0. The first-order chi connectivity index (χ1) is 9.95. The normalized spacial score (nSPS) is 18.7. The Morgan fingerprint density at radius 1 is 1.48 bits per heavy atom. The van der Waals surface area contributed by atoms with E-state index >= 15 is 0 Å². The number of carboxylic acids is 1. The summed E-state index contributed by atoms with van der Waals surface area (Å²) in [5.41, 5.74) is 1.28. The first-order valence-corrected chi connectivity index (χ1v) is 6.92. The van der Waals surface area contributed by atoms with Crippen LogP contribution in [0.4, 0.5) is 4.39 Å². The van der Waals surface area contributed by atoms with Crippen molar-refractivity contribution in [2.45, 2.75) is 19.9 Å². The number of likely N-dealkylation sites (tertiary alicyclic amines) is 1. The minimum atomic E-state index is -0.812. The van der Waals surface area contributed by atoms with Crippen LogP contribution in [-0.2, 0) is 16.1 Å². The molecular weight excluding hydrogens is 275 g/mol. The van der Waals surface area contributed by atoms with Crippen molar-refractivity contribution in [1.29, 1.82) is 0 Å². The minimum Gasteiger partial charge on any atom is -0.481 e. The molecule has 0 aromatic heterocycles. The fraction of sp³-hybridized carbons (Fsp3) is 0.467. The summed E-state index contributed by atoms with van der Waals surface area (Å²) in [4.78, 5) is 24.5. The largest absolute Gasteiger partial charge is 0.481 e. The molecule has 21 heavy (non-hydrogen) atoms. The standard InChI is InChI=1S/C15H19FN2O3/c1-10-2-3-11(6-13(10)16)7-17-14(19)9-18-5-4-12(8-18)15(20)21/h2-3,6,12H,4-5,7-9H2,1H3,(H,17,19)(H,20,21)/t12-/m1/s1. The third-order valence-corrected chi connectivity index (χ3v) is 3.71. The maximum absolute atomic E-state index is 13.4. The molecule has 6 heteroatoms. The Hall–Kier alpha value is -1.95. The van der Waals surface area contributed by atoms with Gasteiger partial charge in [0.15, 0.2) is 0 Å². The van der Waals surface area contributed by atoms with E-state index in [0.717, 1.165) is 0 Å². The average Bonchev–Trinajstić information content (AvgIpc) is 2.89. The molecule has 1 aliphatic rings. The molecule has 2 N–H and O–H groups in total. The molecule has 2 rings (SSSR count). The van der Waals surface area contributed by atoms with E-state index in [1.807, 2.05) is 4.90 Å². The zero-order valence-electron chi connectivity index (χ0n) is 11.9. The number of halogens is 1. The number of amides is 1. The van der Waals surface area contributed by atoms with E-state index < -0.39 is 5.97 Å². The van der Waals surface area contributed by atoms with E-state index in [1.165, 1.54) is 6.07 Å². The highest BCUT2D eigenvalue weighted by Gasteiger charge is 2.28. The van der Waals surface area contributed by atoms with Crippen molar-refractivity contribution >= 4 is 11.9 Å².